The standard InChI is InChI=1S/C16H19FN2O2/c1-2-21-16(20)13-4-3-7-19(10-13)11-14-8-15(17)6-5-12(14)9-18/h5-6,8,13H,2-4,7,10-11H2,1H3/t13-/m1/s1. The first kappa shape index (κ1) is 15.5. The molecule has 0 saturated carbocycles. The number of hydrogen-bond donors (Lipinski definition) is 0. The maximum atomic E-state index is 13.3. The second-order valence-electron chi connectivity index (χ2n) is 5.24. The number of esters is 1. The van der Waals surface area contributed by atoms with Gasteiger partial charge in [0.05, 0.1) is 24.2 Å². The SMILES string of the molecule is CCOC(=O)[C@@H]1CCCN(Cc2cc(F)ccc2C#N)C1. The molecule has 1 heterocycles. The molecular weight excluding hydrogens is 271 g/mol. The number of benzene rings is 1. The normalized spacial score (nSPS) is 19.0. The van der Waals surface area contributed by atoms with Crippen LogP contribution in [0.1, 0.15) is 30.9 Å². The summed E-state index contributed by atoms with van der Waals surface area (Å²) >= 11 is 0. The minimum atomic E-state index is -0.344. The van der Waals surface area contributed by atoms with Gasteiger partial charge in [0.1, 0.15) is 5.82 Å². The fourth-order valence-electron chi connectivity index (χ4n) is 2.69. The average molecular weight is 290 g/mol. The Balaban J connectivity index is 2.04. The van der Waals surface area contributed by atoms with Crippen LogP contribution in [0.5, 0.6) is 0 Å². The second kappa shape index (κ2) is 7.19. The average Bonchev–Trinajstić information content (AvgIpc) is 2.48. The molecule has 1 atom stereocenters. The molecule has 1 aromatic carbocycles. The Hall–Kier alpha value is -1.93. The molecule has 1 aromatic rings. The first-order valence-electron chi connectivity index (χ1n) is 7.21. The molecule has 0 amide bonds. The molecule has 0 unspecified atom stereocenters. The smallest absolute Gasteiger partial charge is 0.310 e. The number of carbonyl (C=O) groups excluding carboxylic acids is 1. The molecule has 0 spiro atoms. The highest BCUT2D eigenvalue weighted by Gasteiger charge is 2.27. The molecule has 112 valence electrons. The van der Waals surface area contributed by atoms with Crippen LogP contribution >= 0.6 is 0 Å². The van der Waals surface area contributed by atoms with Crippen molar-refractivity contribution in [2.75, 3.05) is 19.7 Å². The molecule has 1 fully saturated rings. The molecule has 21 heavy (non-hydrogen) atoms. The number of piperidine rings is 1. The number of nitriles is 1. The fraction of sp³-hybridized carbons (Fsp3) is 0.500. The Morgan fingerprint density at radius 3 is 3.10 bits per heavy atom. The number of carbonyl (C=O) groups is 1. The fourth-order valence-corrected chi connectivity index (χ4v) is 2.69. The van der Waals surface area contributed by atoms with E-state index in [-0.39, 0.29) is 17.7 Å². The van der Waals surface area contributed by atoms with Crippen molar-refractivity contribution in [2.45, 2.75) is 26.3 Å². The van der Waals surface area contributed by atoms with Gasteiger partial charge in [0.15, 0.2) is 0 Å². The molecule has 0 aliphatic carbocycles. The van der Waals surface area contributed by atoms with E-state index in [9.17, 15) is 9.18 Å². The topological polar surface area (TPSA) is 53.3 Å². The Bertz CT molecular complexity index is 554. The maximum absolute atomic E-state index is 13.3. The van der Waals surface area contributed by atoms with E-state index in [2.05, 4.69) is 11.0 Å². The molecule has 0 aromatic heterocycles. The molecule has 4 nitrogen and oxygen atoms in total. The lowest BCUT2D eigenvalue weighted by molar-refractivity contribution is -0.150. The van der Waals surface area contributed by atoms with Crippen molar-refractivity contribution in [3.05, 3.63) is 35.1 Å². The van der Waals surface area contributed by atoms with Crippen LogP contribution in [0, 0.1) is 23.1 Å². The van der Waals surface area contributed by atoms with Crippen LogP contribution in [0.3, 0.4) is 0 Å². The highest BCUT2D eigenvalue weighted by Crippen LogP contribution is 2.21. The Kier molecular flexibility index (Phi) is 5.29. The number of nitrogens with zero attached hydrogens (tertiary/aromatic N) is 2. The third-order valence-corrected chi connectivity index (χ3v) is 3.71. The minimum absolute atomic E-state index is 0.127. The summed E-state index contributed by atoms with van der Waals surface area (Å²) in [5.41, 5.74) is 1.15. The van der Waals surface area contributed by atoms with Gasteiger partial charge in [-0.05, 0) is 50.1 Å². The zero-order chi connectivity index (χ0) is 15.2. The van der Waals surface area contributed by atoms with Gasteiger partial charge in [-0.15, -0.1) is 0 Å². The first-order valence-corrected chi connectivity index (χ1v) is 7.21. The van der Waals surface area contributed by atoms with Crippen molar-refractivity contribution in [2.24, 2.45) is 5.92 Å². The van der Waals surface area contributed by atoms with Gasteiger partial charge in [0.25, 0.3) is 0 Å². The van der Waals surface area contributed by atoms with Crippen molar-refractivity contribution in [1.29, 1.82) is 5.26 Å². The number of likely N-dealkylation sites (tertiary alicyclic amines) is 1. The van der Waals surface area contributed by atoms with Crippen molar-refractivity contribution >= 4 is 5.97 Å². The number of rotatable bonds is 4. The third-order valence-electron chi connectivity index (χ3n) is 3.71. The third kappa shape index (κ3) is 4.02. The van der Waals surface area contributed by atoms with Gasteiger partial charge in [-0.2, -0.15) is 5.26 Å². The molecule has 2 rings (SSSR count). The van der Waals surface area contributed by atoms with E-state index < -0.39 is 0 Å². The highest BCUT2D eigenvalue weighted by atomic mass is 19.1. The number of halogens is 1. The van der Waals surface area contributed by atoms with E-state index >= 15 is 0 Å². The van der Waals surface area contributed by atoms with E-state index in [1.165, 1.54) is 18.2 Å². The Morgan fingerprint density at radius 1 is 1.57 bits per heavy atom. The van der Waals surface area contributed by atoms with Gasteiger partial charge in [0, 0.05) is 13.1 Å². The van der Waals surface area contributed by atoms with Gasteiger partial charge in [-0.1, -0.05) is 0 Å². The van der Waals surface area contributed by atoms with E-state index in [4.69, 9.17) is 10.00 Å². The van der Waals surface area contributed by atoms with Crippen LogP contribution in [0.25, 0.3) is 0 Å². The molecule has 5 heteroatoms. The van der Waals surface area contributed by atoms with Crippen molar-refractivity contribution in [1.82, 2.24) is 4.90 Å². The second-order valence-corrected chi connectivity index (χ2v) is 5.24. The summed E-state index contributed by atoms with van der Waals surface area (Å²) in [4.78, 5) is 13.9. The lowest BCUT2D eigenvalue weighted by Crippen LogP contribution is -2.39. The lowest BCUT2D eigenvalue weighted by Gasteiger charge is -2.31. The quantitative estimate of drug-likeness (QED) is 0.799. The number of hydrogen-bond acceptors (Lipinski definition) is 4. The summed E-state index contributed by atoms with van der Waals surface area (Å²) in [6.45, 7) is 4.11. The van der Waals surface area contributed by atoms with E-state index in [1.807, 2.05) is 0 Å². The van der Waals surface area contributed by atoms with E-state index in [0.717, 1.165) is 19.4 Å². The summed E-state index contributed by atoms with van der Waals surface area (Å²) in [6, 6.07) is 6.27. The van der Waals surface area contributed by atoms with Gasteiger partial charge in [-0.3, -0.25) is 9.69 Å². The summed E-state index contributed by atoms with van der Waals surface area (Å²) in [6.07, 6.45) is 1.73. The summed E-state index contributed by atoms with van der Waals surface area (Å²) < 4.78 is 18.4. The maximum Gasteiger partial charge on any atom is 0.310 e. The van der Waals surface area contributed by atoms with E-state index in [1.54, 1.807) is 6.92 Å². The summed E-state index contributed by atoms with van der Waals surface area (Å²) in [5.74, 6) is -0.636. The van der Waals surface area contributed by atoms with Crippen LogP contribution in [0.15, 0.2) is 18.2 Å². The van der Waals surface area contributed by atoms with Gasteiger partial charge < -0.3 is 4.74 Å². The summed E-state index contributed by atoms with van der Waals surface area (Å²) in [5, 5.41) is 9.08. The molecule has 0 radical (unpaired) electrons. The molecule has 1 aliphatic heterocycles. The monoisotopic (exact) mass is 290 g/mol. The van der Waals surface area contributed by atoms with Gasteiger partial charge in [-0.25, -0.2) is 4.39 Å². The Labute approximate surface area is 124 Å². The minimum Gasteiger partial charge on any atom is -0.466 e. The largest absolute Gasteiger partial charge is 0.466 e. The van der Waals surface area contributed by atoms with Crippen LogP contribution in [-0.4, -0.2) is 30.6 Å². The first-order chi connectivity index (χ1) is 10.1. The highest BCUT2D eigenvalue weighted by molar-refractivity contribution is 5.72. The zero-order valence-corrected chi connectivity index (χ0v) is 12.1. The molecule has 0 bridgehead atoms. The van der Waals surface area contributed by atoms with E-state index in [0.29, 0.717) is 30.8 Å². The molecular formula is C16H19FN2O2. The number of ether oxygens (including phenoxy) is 1. The Morgan fingerprint density at radius 2 is 2.38 bits per heavy atom. The predicted octanol–water partition coefficient (Wildman–Crippen LogP) is 2.47. The predicted molar refractivity (Wildman–Crippen MR) is 75.7 cm³/mol. The van der Waals surface area contributed by atoms with Gasteiger partial charge in [0.2, 0.25) is 0 Å². The van der Waals surface area contributed by atoms with Crippen molar-refractivity contribution in [3.63, 3.8) is 0 Å². The zero-order valence-electron chi connectivity index (χ0n) is 12.1. The van der Waals surface area contributed by atoms with Crippen LogP contribution in [0.4, 0.5) is 4.39 Å². The molecule has 0 N–H and O–H groups in total. The van der Waals surface area contributed by atoms with Gasteiger partial charge >= 0.3 is 5.97 Å². The van der Waals surface area contributed by atoms with Crippen LogP contribution < -0.4 is 0 Å². The lowest BCUT2D eigenvalue weighted by atomic mass is 9.97. The van der Waals surface area contributed by atoms with Crippen molar-refractivity contribution in [3.8, 4) is 6.07 Å². The van der Waals surface area contributed by atoms with Crippen LogP contribution in [0.2, 0.25) is 0 Å². The summed E-state index contributed by atoms with van der Waals surface area (Å²) in [7, 11) is 0. The molecule has 1 aliphatic rings. The van der Waals surface area contributed by atoms with Crippen LogP contribution in [-0.2, 0) is 16.1 Å². The molecule has 1 saturated heterocycles. The van der Waals surface area contributed by atoms with Crippen molar-refractivity contribution < 1.29 is 13.9 Å².